The number of aliphatic imine (C=N–C) groups is 1. The van der Waals surface area contributed by atoms with Gasteiger partial charge >= 0.3 is 5.97 Å². The molecule has 33 heavy (non-hydrogen) atoms. The molecule has 0 spiro atoms. The van der Waals surface area contributed by atoms with Crippen LogP contribution >= 0.6 is 0 Å². The fraction of sp³-hybridized carbons (Fsp3) is 0.333. The number of benzene rings is 2. The van der Waals surface area contributed by atoms with Gasteiger partial charge in [-0.2, -0.15) is 0 Å². The zero-order valence-electron chi connectivity index (χ0n) is 19.8. The third-order valence-corrected chi connectivity index (χ3v) is 5.91. The summed E-state index contributed by atoms with van der Waals surface area (Å²) < 4.78 is 5.74. The van der Waals surface area contributed by atoms with Crippen LogP contribution in [-0.4, -0.2) is 37.5 Å². The third kappa shape index (κ3) is 6.04. The van der Waals surface area contributed by atoms with Crippen LogP contribution in [0.2, 0.25) is 0 Å². The molecule has 0 aromatic heterocycles. The summed E-state index contributed by atoms with van der Waals surface area (Å²) >= 11 is 0. The van der Waals surface area contributed by atoms with E-state index < -0.39 is 5.97 Å². The van der Waals surface area contributed by atoms with E-state index in [0.717, 1.165) is 30.0 Å². The molecule has 1 aliphatic carbocycles. The van der Waals surface area contributed by atoms with E-state index in [4.69, 9.17) is 4.74 Å². The second-order valence-electron chi connectivity index (χ2n) is 8.56. The van der Waals surface area contributed by atoms with Crippen LogP contribution in [0.1, 0.15) is 44.2 Å². The van der Waals surface area contributed by atoms with Gasteiger partial charge in [-0.15, -0.1) is 0 Å². The molecule has 1 aliphatic rings. The number of allylic oxidation sites excluding steroid dienone is 1. The summed E-state index contributed by atoms with van der Waals surface area (Å²) in [5, 5.41) is 12.7. The first-order valence-electron chi connectivity index (χ1n) is 11.2. The van der Waals surface area contributed by atoms with Crippen LogP contribution in [-0.2, 0) is 11.2 Å². The molecule has 174 valence electrons. The molecular weight excluding hydrogens is 414 g/mol. The number of nitrogens with one attached hydrogen (secondary N) is 1. The number of hydrogen-bond acceptors (Lipinski definition) is 5. The lowest BCUT2D eigenvalue weighted by Gasteiger charge is -2.22. The maximum atomic E-state index is 11.5. The standard InChI is InChI=1S/C27H33N3O3/c1-18(2)33-24-11-8-22(9-12-24)30(5)23-10-13-26-20(16-23)6-7-21(26)17-29-19(3)25(27(31)32)14-15-28-4/h8-16,18,21,29H,4,6-7,17H2,1-3,5H3,(H,31,32)/b15-14-,25-19-/t21-/m0/s1. The topological polar surface area (TPSA) is 74.2 Å². The zero-order valence-corrected chi connectivity index (χ0v) is 19.8. The molecule has 2 aromatic carbocycles. The summed E-state index contributed by atoms with van der Waals surface area (Å²) in [6.07, 6.45) is 5.06. The second kappa shape index (κ2) is 10.9. The molecule has 0 saturated heterocycles. The van der Waals surface area contributed by atoms with Gasteiger partial charge in [0.2, 0.25) is 0 Å². The Morgan fingerprint density at radius 3 is 2.61 bits per heavy atom. The van der Waals surface area contributed by atoms with E-state index in [1.54, 1.807) is 6.92 Å². The van der Waals surface area contributed by atoms with E-state index >= 15 is 0 Å². The van der Waals surface area contributed by atoms with E-state index in [0.29, 0.717) is 18.2 Å². The molecule has 6 nitrogen and oxygen atoms in total. The monoisotopic (exact) mass is 447 g/mol. The quantitative estimate of drug-likeness (QED) is 0.288. The van der Waals surface area contributed by atoms with Crippen molar-refractivity contribution in [3.8, 4) is 5.75 Å². The summed E-state index contributed by atoms with van der Waals surface area (Å²) in [5.41, 5.74) is 5.74. The summed E-state index contributed by atoms with van der Waals surface area (Å²) in [6, 6.07) is 14.8. The van der Waals surface area contributed by atoms with Crippen LogP contribution in [0.4, 0.5) is 11.4 Å². The molecule has 6 heteroatoms. The van der Waals surface area contributed by atoms with Crippen molar-refractivity contribution in [2.75, 3.05) is 18.5 Å². The van der Waals surface area contributed by atoms with Crippen molar-refractivity contribution in [2.45, 2.75) is 45.6 Å². The Morgan fingerprint density at radius 2 is 1.97 bits per heavy atom. The molecule has 0 fully saturated rings. The Kier molecular flexibility index (Phi) is 7.93. The normalized spacial score (nSPS) is 15.8. The number of rotatable bonds is 10. The minimum absolute atomic E-state index is 0.156. The highest BCUT2D eigenvalue weighted by molar-refractivity contribution is 5.90. The predicted molar refractivity (Wildman–Crippen MR) is 135 cm³/mol. The van der Waals surface area contributed by atoms with Crippen LogP contribution in [0.3, 0.4) is 0 Å². The largest absolute Gasteiger partial charge is 0.491 e. The lowest BCUT2D eigenvalue weighted by atomic mass is 10.0. The molecule has 0 unspecified atom stereocenters. The smallest absolute Gasteiger partial charge is 0.337 e. The second-order valence-corrected chi connectivity index (χ2v) is 8.56. The first-order valence-corrected chi connectivity index (χ1v) is 11.2. The minimum Gasteiger partial charge on any atom is -0.491 e. The van der Waals surface area contributed by atoms with Gasteiger partial charge in [0.25, 0.3) is 0 Å². The van der Waals surface area contributed by atoms with Crippen molar-refractivity contribution in [1.29, 1.82) is 0 Å². The van der Waals surface area contributed by atoms with Gasteiger partial charge in [0.05, 0.1) is 11.7 Å². The maximum absolute atomic E-state index is 11.5. The molecule has 2 aromatic rings. The molecule has 0 aliphatic heterocycles. The van der Waals surface area contributed by atoms with Crippen LogP contribution in [0.15, 0.2) is 71.0 Å². The van der Waals surface area contributed by atoms with Crippen LogP contribution in [0.5, 0.6) is 5.75 Å². The SMILES string of the molecule is C=N/C=C\C(C(=O)O)=C(/C)NC[C@@H]1CCc2cc(N(C)c3ccc(OC(C)C)cc3)ccc21. The number of aryl methyl sites for hydroxylation is 1. The number of fused-ring (bicyclic) bond motifs is 1. The number of hydrogen-bond donors (Lipinski definition) is 2. The molecule has 0 bridgehead atoms. The van der Waals surface area contributed by atoms with Crippen molar-refractivity contribution in [3.63, 3.8) is 0 Å². The molecule has 0 heterocycles. The Bertz CT molecular complexity index is 1050. The number of carbonyl (C=O) groups is 1. The first-order chi connectivity index (χ1) is 15.8. The highest BCUT2D eigenvalue weighted by atomic mass is 16.5. The summed E-state index contributed by atoms with van der Waals surface area (Å²) in [4.78, 5) is 17.3. The summed E-state index contributed by atoms with van der Waals surface area (Å²) in [6.45, 7) is 9.87. The van der Waals surface area contributed by atoms with E-state index in [-0.39, 0.29) is 11.7 Å². The van der Waals surface area contributed by atoms with Crippen molar-refractivity contribution < 1.29 is 14.6 Å². The highest BCUT2D eigenvalue weighted by Gasteiger charge is 2.23. The van der Waals surface area contributed by atoms with Crippen LogP contribution in [0.25, 0.3) is 0 Å². The third-order valence-electron chi connectivity index (χ3n) is 5.91. The van der Waals surface area contributed by atoms with Gasteiger partial charge in [0.15, 0.2) is 0 Å². The number of carboxylic acid groups (broad SMARTS) is 1. The van der Waals surface area contributed by atoms with Crippen molar-refractivity contribution in [1.82, 2.24) is 5.32 Å². The van der Waals surface area contributed by atoms with Crippen LogP contribution in [0, 0.1) is 0 Å². The van der Waals surface area contributed by atoms with Gasteiger partial charge in [-0.25, -0.2) is 4.79 Å². The van der Waals surface area contributed by atoms with Gasteiger partial charge in [-0.05, 0) is 93.9 Å². The molecule has 0 saturated carbocycles. The Morgan fingerprint density at radius 1 is 1.27 bits per heavy atom. The van der Waals surface area contributed by atoms with E-state index in [2.05, 4.69) is 59.3 Å². The van der Waals surface area contributed by atoms with Crippen molar-refractivity contribution in [3.05, 3.63) is 77.1 Å². The summed E-state index contributed by atoms with van der Waals surface area (Å²) in [5.74, 6) is 0.236. The molecule has 1 atom stereocenters. The van der Waals surface area contributed by atoms with E-state index in [9.17, 15) is 9.90 Å². The van der Waals surface area contributed by atoms with Gasteiger partial charge in [-0.3, -0.25) is 4.99 Å². The van der Waals surface area contributed by atoms with Crippen molar-refractivity contribution in [2.24, 2.45) is 4.99 Å². The molecular formula is C27H33N3O3. The lowest BCUT2D eigenvalue weighted by molar-refractivity contribution is -0.132. The lowest BCUT2D eigenvalue weighted by Crippen LogP contribution is -2.21. The number of ether oxygens (including phenoxy) is 1. The zero-order chi connectivity index (χ0) is 24.0. The van der Waals surface area contributed by atoms with E-state index in [1.807, 2.05) is 26.0 Å². The minimum atomic E-state index is -0.983. The highest BCUT2D eigenvalue weighted by Crippen LogP contribution is 2.36. The molecule has 0 radical (unpaired) electrons. The van der Waals surface area contributed by atoms with Gasteiger partial charge < -0.3 is 20.1 Å². The Hall–Kier alpha value is -3.54. The fourth-order valence-corrected chi connectivity index (χ4v) is 4.14. The Labute approximate surface area is 196 Å². The predicted octanol–water partition coefficient (Wildman–Crippen LogP) is 5.43. The number of anilines is 2. The molecule has 2 N–H and O–H groups in total. The number of nitrogens with zero attached hydrogens (tertiary/aromatic N) is 2. The maximum Gasteiger partial charge on any atom is 0.337 e. The first kappa shape index (κ1) is 24.1. The van der Waals surface area contributed by atoms with Crippen molar-refractivity contribution >= 4 is 24.1 Å². The van der Waals surface area contributed by atoms with E-state index in [1.165, 1.54) is 23.4 Å². The fourth-order valence-electron chi connectivity index (χ4n) is 4.14. The van der Waals surface area contributed by atoms with Gasteiger partial charge in [-0.1, -0.05) is 6.07 Å². The summed E-state index contributed by atoms with van der Waals surface area (Å²) in [7, 11) is 2.07. The van der Waals surface area contributed by atoms with Gasteiger partial charge in [0, 0.05) is 42.8 Å². The average molecular weight is 448 g/mol. The Balaban J connectivity index is 1.70. The molecule has 0 amide bonds. The average Bonchev–Trinajstić information content (AvgIpc) is 3.19. The van der Waals surface area contributed by atoms with Crippen LogP contribution < -0.4 is 15.0 Å². The van der Waals surface area contributed by atoms with Gasteiger partial charge in [0.1, 0.15) is 5.75 Å². The number of aliphatic carboxylic acids is 1. The molecule has 3 rings (SSSR count). The number of carboxylic acids is 1.